The average molecular weight is 449 g/mol. The maximum Gasteiger partial charge on any atom is 0.225 e. The van der Waals surface area contributed by atoms with Crippen LogP contribution in [0.2, 0.25) is 0 Å². The molecular weight excluding hydrogens is 424 g/mol. The number of hydrogen-bond donors (Lipinski definition) is 2. The van der Waals surface area contributed by atoms with Crippen molar-refractivity contribution in [2.45, 2.75) is 41.4 Å². The lowest BCUT2D eigenvalue weighted by Crippen LogP contribution is -2.25. The van der Waals surface area contributed by atoms with Crippen molar-refractivity contribution in [1.82, 2.24) is 5.32 Å². The molecule has 0 bridgehead atoms. The molecule has 160 valence electrons. The summed E-state index contributed by atoms with van der Waals surface area (Å²) in [7, 11) is -2.12. The molecule has 2 amide bonds. The number of hydrogen-bond acceptors (Lipinski definition) is 6. The summed E-state index contributed by atoms with van der Waals surface area (Å²) in [5.74, 6) is -0.165. The van der Waals surface area contributed by atoms with Crippen molar-refractivity contribution in [3.8, 4) is 5.75 Å². The molecule has 1 heterocycles. The Morgan fingerprint density at radius 3 is 2.80 bits per heavy atom. The number of carbonyl (C=O) groups excluding carboxylic acids is 2. The number of methoxy groups -OCH3 is 1. The molecule has 3 rings (SSSR count). The third kappa shape index (κ3) is 5.54. The number of anilines is 1. The fraction of sp³-hybridized carbons (Fsp3) is 0.333. The Bertz CT molecular complexity index is 1050. The van der Waals surface area contributed by atoms with Crippen molar-refractivity contribution in [1.29, 1.82) is 0 Å². The third-order valence-electron chi connectivity index (χ3n) is 4.65. The summed E-state index contributed by atoms with van der Waals surface area (Å²) in [5, 5.41) is 5.60. The highest BCUT2D eigenvalue weighted by molar-refractivity contribution is 8.00. The van der Waals surface area contributed by atoms with Gasteiger partial charge >= 0.3 is 0 Å². The topological polar surface area (TPSA) is 102 Å². The molecule has 0 aromatic heterocycles. The number of amides is 2. The number of sulfone groups is 1. The molecule has 0 aliphatic carbocycles. The average Bonchev–Trinajstić information content (AvgIpc) is 2.86. The molecule has 0 saturated carbocycles. The first-order chi connectivity index (χ1) is 14.3. The van der Waals surface area contributed by atoms with Gasteiger partial charge in [0.1, 0.15) is 5.75 Å². The van der Waals surface area contributed by atoms with Crippen LogP contribution in [0.4, 0.5) is 5.69 Å². The van der Waals surface area contributed by atoms with Crippen molar-refractivity contribution < 1.29 is 22.7 Å². The van der Waals surface area contributed by atoms with Crippen molar-refractivity contribution in [2.75, 3.05) is 18.2 Å². The molecule has 1 atom stereocenters. The summed E-state index contributed by atoms with van der Waals surface area (Å²) >= 11 is 1.53. The molecule has 30 heavy (non-hydrogen) atoms. The SMILES string of the molecule is COc1ccccc1CNC(=O)CCS(=O)(=O)c1ccc2c(c1)NC(=O)C[C@@H](C)S2. The number of rotatable bonds is 7. The Morgan fingerprint density at radius 2 is 2.03 bits per heavy atom. The molecule has 0 fully saturated rings. The summed E-state index contributed by atoms with van der Waals surface area (Å²) in [5.41, 5.74) is 1.31. The summed E-state index contributed by atoms with van der Waals surface area (Å²) < 4.78 is 30.7. The maximum atomic E-state index is 12.7. The zero-order chi connectivity index (χ0) is 21.7. The molecule has 0 radical (unpaired) electrons. The molecule has 2 N–H and O–H groups in total. The van der Waals surface area contributed by atoms with E-state index in [-0.39, 0.29) is 40.7 Å². The standard InChI is InChI=1S/C21H24N2O5S2/c1-14-11-21(25)23-17-12-16(7-8-19(17)29-14)30(26,27)10-9-20(24)22-13-15-5-3-4-6-18(15)28-2/h3-8,12,14H,9-11,13H2,1-2H3,(H,22,24)(H,23,25)/t14-/m1/s1. The highest BCUT2D eigenvalue weighted by Crippen LogP contribution is 2.36. The predicted octanol–water partition coefficient (Wildman–Crippen LogP) is 3.00. The first kappa shape index (κ1) is 22.2. The largest absolute Gasteiger partial charge is 0.496 e. The summed E-state index contributed by atoms with van der Waals surface area (Å²) in [6, 6.07) is 12.0. The minimum absolute atomic E-state index is 0.0919. The highest BCUT2D eigenvalue weighted by Gasteiger charge is 2.23. The van der Waals surface area contributed by atoms with Crippen LogP contribution in [0, 0.1) is 0 Å². The number of para-hydroxylation sites is 1. The molecular formula is C21H24N2O5S2. The lowest BCUT2D eigenvalue weighted by molar-refractivity contribution is -0.121. The quantitative estimate of drug-likeness (QED) is 0.675. The Labute approximate surface area is 180 Å². The minimum atomic E-state index is -3.67. The first-order valence-corrected chi connectivity index (χ1v) is 12.0. The Balaban J connectivity index is 1.62. The van der Waals surface area contributed by atoms with E-state index in [0.717, 1.165) is 10.5 Å². The second-order valence-corrected chi connectivity index (χ2v) is 10.6. The second kappa shape index (κ2) is 9.53. The van der Waals surface area contributed by atoms with Crippen LogP contribution < -0.4 is 15.4 Å². The predicted molar refractivity (Wildman–Crippen MR) is 117 cm³/mol. The number of carbonyl (C=O) groups is 2. The van der Waals surface area contributed by atoms with Crippen LogP contribution in [0.5, 0.6) is 5.75 Å². The zero-order valence-electron chi connectivity index (χ0n) is 16.8. The van der Waals surface area contributed by atoms with Gasteiger partial charge in [-0.3, -0.25) is 9.59 Å². The van der Waals surface area contributed by atoms with Crippen LogP contribution in [0.15, 0.2) is 52.3 Å². The molecule has 1 aliphatic rings. The van der Waals surface area contributed by atoms with E-state index in [1.807, 2.05) is 25.1 Å². The van der Waals surface area contributed by atoms with Gasteiger partial charge in [0, 0.05) is 35.1 Å². The van der Waals surface area contributed by atoms with E-state index < -0.39 is 9.84 Å². The second-order valence-electron chi connectivity index (χ2n) is 7.00. The highest BCUT2D eigenvalue weighted by atomic mass is 32.2. The number of ether oxygens (including phenoxy) is 1. The molecule has 2 aromatic carbocycles. The number of fused-ring (bicyclic) bond motifs is 1. The molecule has 2 aromatic rings. The van der Waals surface area contributed by atoms with Crippen LogP contribution >= 0.6 is 11.8 Å². The summed E-state index contributed by atoms with van der Waals surface area (Å²) in [4.78, 5) is 25.0. The van der Waals surface area contributed by atoms with Crippen LogP contribution in [0.3, 0.4) is 0 Å². The van der Waals surface area contributed by atoms with Crippen molar-refractivity contribution in [3.63, 3.8) is 0 Å². The van der Waals surface area contributed by atoms with Gasteiger partial charge in [0.05, 0.1) is 23.4 Å². The van der Waals surface area contributed by atoms with Gasteiger partial charge in [0.15, 0.2) is 9.84 Å². The summed E-state index contributed by atoms with van der Waals surface area (Å²) in [6.07, 6.45) is 0.209. The van der Waals surface area contributed by atoms with Crippen LogP contribution in [-0.2, 0) is 26.0 Å². The Kier molecular flexibility index (Phi) is 7.04. The summed E-state index contributed by atoms with van der Waals surface area (Å²) in [6.45, 7) is 2.21. The zero-order valence-corrected chi connectivity index (χ0v) is 18.4. The van der Waals surface area contributed by atoms with Crippen molar-refractivity contribution >= 4 is 39.1 Å². The van der Waals surface area contributed by atoms with Crippen LogP contribution in [0.25, 0.3) is 0 Å². The molecule has 7 nitrogen and oxygen atoms in total. The fourth-order valence-corrected chi connectivity index (χ4v) is 5.41. The first-order valence-electron chi connectivity index (χ1n) is 9.50. The van der Waals surface area contributed by atoms with Crippen molar-refractivity contribution in [2.24, 2.45) is 0 Å². The molecule has 1 aliphatic heterocycles. The van der Waals surface area contributed by atoms with E-state index in [9.17, 15) is 18.0 Å². The number of benzene rings is 2. The van der Waals surface area contributed by atoms with E-state index in [0.29, 0.717) is 17.9 Å². The van der Waals surface area contributed by atoms with Gasteiger partial charge in [0.25, 0.3) is 0 Å². The van der Waals surface area contributed by atoms with E-state index >= 15 is 0 Å². The molecule has 0 unspecified atom stereocenters. The van der Waals surface area contributed by atoms with E-state index in [1.165, 1.54) is 23.9 Å². The van der Waals surface area contributed by atoms with Gasteiger partial charge in [-0.2, -0.15) is 0 Å². The van der Waals surface area contributed by atoms with E-state index in [1.54, 1.807) is 19.2 Å². The van der Waals surface area contributed by atoms with Crippen LogP contribution in [-0.4, -0.2) is 38.3 Å². The monoisotopic (exact) mass is 448 g/mol. The normalized spacial score (nSPS) is 16.2. The lowest BCUT2D eigenvalue weighted by atomic mass is 10.2. The van der Waals surface area contributed by atoms with Crippen molar-refractivity contribution in [3.05, 3.63) is 48.0 Å². The minimum Gasteiger partial charge on any atom is -0.496 e. The van der Waals surface area contributed by atoms with E-state index in [4.69, 9.17) is 4.74 Å². The number of thioether (sulfide) groups is 1. The lowest BCUT2D eigenvalue weighted by Gasteiger charge is -2.11. The molecule has 9 heteroatoms. The third-order valence-corrected chi connectivity index (χ3v) is 7.54. The Morgan fingerprint density at radius 1 is 1.27 bits per heavy atom. The fourth-order valence-electron chi connectivity index (χ4n) is 3.10. The molecule has 0 saturated heterocycles. The van der Waals surface area contributed by atoms with E-state index in [2.05, 4.69) is 10.6 Å². The van der Waals surface area contributed by atoms with Gasteiger partial charge in [-0.05, 0) is 24.3 Å². The van der Waals surface area contributed by atoms with Gasteiger partial charge in [0.2, 0.25) is 11.8 Å². The Hall–Kier alpha value is -2.52. The van der Waals surface area contributed by atoms with Gasteiger partial charge < -0.3 is 15.4 Å². The smallest absolute Gasteiger partial charge is 0.225 e. The van der Waals surface area contributed by atoms with Gasteiger partial charge in [-0.25, -0.2) is 8.42 Å². The molecule has 0 spiro atoms. The van der Waals surface area contributed by atoms with Crippen LogP contribution in [0.1, 0.15) is 25.3 Å². The van der Waals surface area contributed by atoms with Gasteiger partial charge in [-0.15, -0.1) is 11.8 Å². The maximum absolute atomic E-state index is 12.7. The van der Waals surface area contributed by atoms with Gasteiger partial charge in [-0.1, -0.05) is 25.1 Å². The number of nitrogens with one attached hydrogen (secondary N) is 2.